The summed E-state index contributed by atoms with van der Waals surface area (Å²) in [6, 6.07) is 13.5. The van der Waals surface area contributed by atoms with Crippen LogP contribution in [-0.2, 0) is 11.3 Å². The van der Waals surface area contributed by atoms with Crippen molar-refractivity contribution in [1.82, 2.24) is 9.88 Å². The summed E-state index contributed by atoms with van der Waals surface area (Å²) in [5.74, 6) is 0. The molecule has 1 amide bonds. The summed E-state index contributed by atoms with van der Waals surface area (Å²) in [5.41, 5.74) is 2.09. The van der Waals surface area contributed by atoms with Gasteiger partial charge in [0.25, 0.3) is 0 Å². The van der Waals surface area contributed by atoms with Crippen molar-refractivity contribution in [2.45, 2.75) is 19.6 Å². The highest BCUT2D eigenvalue weighted by atomic mass is 35.5. The van der Waals surface area contributed by atoms with Crippen molar-refractivity contribution in [3.05, 3.63) is 70.2 Å². The summed E-state index contributed by atoms with van der Waals surface area (Å²) in [7, 11) is 0. The molecule has 1 aromatic carbocycles. The fourth-order valence-electron chi connectivity index (χ4n) is 3.09. The molecule has 0 radical (unpaired) electrons. The molecule has 3 heterocycles. The molecular weight excluding hydrogens is 368 g/mol. The minimum atomic E-state index is -0.301. The van der Waals surface area contributed by atoms with Gasteiger partial charge in [-0.25, -0.2) is 9.78 Å². The molecule has 1 unspecified atom stereocenters. The van der Waals surface area contributed by atoms with Gasteiger partial charge in [-0.3, -0.25) is 4.90 Å². The van der Waals surface area contributed by atoms with Gasteiger partial charge in [0.15, 0.2) is 0 Å². The molecule has 1 aliphatic heterocycles. The summed E-state index contributed by atoms with van der Waals surface area (Å²) < 4.78 is 5.47. The molecule has 0 saturated heterocycles. The van der Waals surface area contributed by atoms with E-state index in [1.807, 2.05) is 37.3 Å². The van der Waals surface area contributed by atoms with Crippen LogP contribution in [-0.4, -0.2) is 28.6 Å². The van der Waals surface area contributed by atoms with Gasteiger partial charge < -0.3 is 4.74 Å². The second kappa shape index (κ2) is 7.09. The number of thiophene rings is 1. The first-order valence-corrected chi connectivity index (χ1v) is 9.54. The van der Waals surface area contributed by atoms with Crippen LogP contribution in [0.15, 0.2) is 54.7 Å². The molecule has 0 spiro atoms. The molecule has 26 heavy (non-hydrogen) atoms. The smallest absolute Gasteiger partial charge is 0.410 e. The minimum Gasteiger partial charge on any atom is -0.445 e. The van der Waals surface area contributed by atoms with Crippen LogP contribution in [0.5, 0.6) is 0 Å². The van der Waals surface area contributed by atoms with Gasteiger partial charge in [0.1, 0.15) is 11.4 Å². The van der Waals surface area contributed by atoms with Crippen LogP contribution in [0, 0.1) is 0 Å². The Kier molecular flexibility index (Phi) is 4.66. The van der Waals surface area contributed by atoms with Crippen molar-refractivity contribution < 1.29 is 9.53 Å². The van der Waals surface area contributed by atoms with Crippen LogP contribution in [0.1, 0.15) is 17.4 Å². The number of amides is 1. The molecule has 2 aromatic heterocycles. The lowest BCUT2D eigenvalue weighted by molar-refractivity contribution is 0.0977. The number of rotatable bonds is 3. The maximum Gasteiger partial charge on any atom is 0.410 e. The Morgan fingerprint density at radius 1 is 1.35 bits per heavy atom. The maximum atomic E-state index is 12.5. The van der Waals surface area contributed by atoms with Crippen molar-refractivity contribution in [2.24, 2.45) is 0 Å². The van der Waals surface area contributed by atoms with E-state index in [0.29, 0.717) is 11.6 Å². The van der Waals surface area contributed by atoms with E-state index < -0.39 is 0 Å². The van der Waals surface area contributed by atoms with Gasteiger partial charge in [-0.2, -0.15) is 0 Å². The molecule has 0 saturated carbocycles. The summed E-state index contributed by atoms with van der Waals surface area (Å²) in [4.78, 5) is 20.6. The predicted molar refractivity (Wildman–Crippen MR) is 105 cm³/mol. The van der Waals surface area contributed by atoms with Crippen LogP contribution in [0.2, 0.25) is 5.02 Å². The molecule has 0 aliphatic carbocycles. The topological polar surface area (TPSA) is 42.4 Å². The number of ether oxygens (including phenoxy) is 1. The first-order valence-electron chi connectivity index (χ1n) is 8.35. The van der Waals surface area contributed by atoms with E-state index in [4.69, 9.17) is 16.3 Å². The molecule has 1 atom stereocenters. The number of carbonyl (C=O) groups is 1. The molecule has 4 nitrogen and oxygen atoms in total. The van der Waals surface area contributed by atoms with Gasteiger partial charge in [-0.1, -0.05) is 48.0 Å². The number of carbonyl (C=O) groups excluding carboxylic acids is 1. The number of hydrogen-bond donors (Lipinski definition) is 0. The van der Waals surface area contributed by atoms with E-state index in [1.54, 1.807) is 28.5 Å². The summed E-state index contributed by atoms with van der Waals surface area (Å²) >= 11 is 7.85. The minimum absolute atomic E-state index is 0.0508. The third kappa shape index (κ3) is 3.20. The SMILES string of the molecule is CC1C(c2cc3c(Cl)ccnc3s2)=CCN1C(=O)OCc1ccccc1. The largest absolute Gasteiger partial charge is 0.445 e. The van der Waals surface area contributed by atoms with Crippen LogP contribution >= 0.6 is 22.9 Å². The van der Waals surface area contributed by atoms with Crippen LogP contribution < -0.4 is 0 Å². The van der Waals surface area contributed by atoms with Gasteiger partial charge in [0.2, 0.25) is 0 Å². The third-order valence-electron chi connectivity index (χ3n) is 4.53. The second-order valence-corrected chi connectivity index (χ2v) is 7.59. The summed E-state index contributed by atoms with van der Waals surface area (Å²) in [6.07, 6.45) is 3.49. The third-order valence-corrected chi connectivity index (χ3v) is 5.95. The monoisotopic (exact) mass is 384 g/mol. The zero-order valence-electron chi connectivity index (χ0n) is 14.2. The van der Waals surface area contributed by atoms with Crippen molar-refractivity contribution in [1.29, 1.82) is 0 Å². The molecule has 132 valence electrons. The molecule has 0 fully saturated rings. The molecule has 3 aromatic rings. The van der Waals surface area contributed by atoms with Gasteiger partial charge in [0.05, 0.1) is 11.1 Å². The van der Waals surface area contributed by atoms with E-state index in [1.165, 1.54) is 0 Å². The van der Waals surface area contributed by atoms with Gasteiger partial charge in [-0.15, -0.1) is 11.3 Å². The Hall–Kier alpha value is -2.37. The maximum absolute atomic E-state index is 12.5. The number of aromatic nitrogens is 1. The highest BCUT2D eigenvalue weighted by molar-refractivity contribution is 7.19. The van der Waals surface area contributed by atoms with E-state index in [-0.39, 0.29) is 18.7 Å². The van der Waals surface area contributed by atoms with E-state index in [9.17, 15) is 4.79 Å². The number of nitrogens with zero attached hydrogens (tertiary/aromatic N) is 2. The zero-order chi connectivity index (χ0) is 18.1. The van der Waals surface area contributed by atoms with Crippen molar-refractivity contribution in [2.75, 3.05) is 6.54 Å². The summed E-state index contributed by atoms with van der Waals surface area (Å²) in [5, 5.41) is 1.65. The lowest BCUT2D eigenvalue weighted by atomic mass is 10.1. The van der Waals surface area contributed by atoms with E-state index in [0.717, 1.165) is 26.2 Å². The Balaban J connectivity index is 1.47. The number of hydrogen-bond acceptors (Lipinski definition) is 4. The fourth-order valence-corrected chi connectivity index (χ4v) is 4.49. The second-order valence-electron chi connectivity index (χ2n) is 6.15. The first-order chi connectivity index (χ1) is 12.6. The highest BCUT2D eigenvalue weighted by Crippen LogP contribution is 2.37. The number of fused-ring (bicyclic) bond motifs is 1. The highest BCUT2D eigenvalue weighted by Gasteiger charge is 2.30. The van der Waals surface area contributed by atoms with E-state index >= 15 is 0 Å². The quantitative estimate of drug-likeness (QED) is 0.609. The van der Waals surface area contributed by atoms with Crippen molar-refractivity contribution in [3.8, 4) is 0 Å². The lowest BCUT2D eigenvalue weighted by Crippen LogP contribution is -2.35. The van der Waals surface area contributed by atoms with Crippen LogP contribution in [0.4, 0.5) is 4.79 Å². The van der Waals surface area contributed by atoms with Crippen molar-refractivity contribution >= 4 is 44.8 Å². The average Bonchev–Trinajstić information content (AvgIpc) is 3.25. The lowest BCUT2D eigenvalue weighted by Gasteiger charge is -2.23. The van der Waals surface area contributed by atoms with Crippen LogP contribution in [0.25, 0.3) is 15.8 Å². The molecule has 0 N–H and O–H groups in total. The Morgan fingerprint density at radius 2 is 2.15 bits per heavy atom. The number of pyridine rings is 1. The molecule has 4 rings (SSSR count). The molecule has 1 aliphatic rings. The Morgan fingerprint density at radius 3 is 2.92 bits per heavy atom. The van der Waals surface area contributed by atoms with Gasteiger partial charge in [-0.05, 0) is 30.2 Å². The first kappa shape index (κ1) is 17.1. The number of benzene rings is 1. The standard InChI is InChI=1S/C20H17ClN2O2S/c1-13-15(18-11-16-17(21)7-9-22-19(16)26-18)8-10-23(13)20(24)25-12-14-5-3-2-4-6-14/h2-9,11,13H,10,12H2,1H3. The van der Waals surface area contributed by atoms with Crippen LogP contribution in [0.3, 0.4) is 0 Å². The zero-order valence-corrected chi connectivity index (χ0v) is 15.8. The van der Waals surface area contributed by atoms with Gasteiger partial charge in [0, 0.05) is 23.0 Å². The number of halogens is 1. The molecule has 0 bridgehead atoms. The molecule has 6 heteroatoms. The fraction of sp³-hybridized carbons (Fsp3) is 0.200. The van der Waals surface area contributed by atoms with Gasteiger partial charge >= 0.3 is 6.09 Å². The Labute approximate surface area is 160 Å². The average molecular weight is 385 g/mol. The predicted octanol–water partition coefficient (Wildman–Crippen LogP) is 5.37. The van der Waals surface area contributed by atoms with E-state index in [2.05, 4.69) is 17.1 Å². The molecular formula is C20H17ClN2O2S. The Bertz CT molecular complexity index is 984. The van der Waals surface area contributed by atoms with Crippen molar-refractivity contribution in [3.63, 3.8) is 0 Å². The normalized spacial score (nSPS) is 16.8. The summed E-state index contributed by atoms with van der Waals surface area (Å²) in [6.45, 7) is 2.84.